The molecule has 37 heavy (non-hydrogen) atoms. The van der Waals surface area contributed by atoms with E-state index in [0.29, 0.717) is 42.3 Å². The van der Waals surface area contributed by atoms with Crippen LogP contribution in [0.3, 0.4) is 0 Å². The summed E-state index contributed by atoms with van der Waals surface area (Å²) in [7, 11) is 1.54. The van der Waals surface area contributed by atoms with Crippen LogP contribution in [0, 0.1) is 0 Å². The van der Waals surface area contributed by atoms with Gasteiger partial charge < -0.3 is 19.7 Å². The zero-order valence-electron chi connectivity index (χ0n) is 21.6. The van der Waals surface area contributed by atoms with Crippen molar-refractivity contribution in [3.05, 3.63) is 52.7 Å². The third kappa shape index (κ3) is 7.15. The Labute approximate surface area is 218 Å². The molecule has 2 aliphatic rings. The number of anilines is 1. The van der Waals surface area contributed by atoms with E-state index in [2.05, 4.69) is 27.4 Å². The molecule has 1 aromatic carbocycles. The summed E-state index contributed by atoms with van der Waals surface area (Å²) in [6.07, 6.45) is 10.9. The molecular formula is C28H35N5O4. The van der Waals surface area contributed by atoms with Crippen LogP contribution in [0.15, 0.2) is 40.5 Å². The molecule has 0 atom stereocenters. The third-order valence-corrected chi connectivity index (χ3v) is 6.64. The minimum absolute atomic E-state index is 0.0206. The average molecular weight is 506 g/mol. The van der Waals surface area contributed by atoms with E-state index in [9.17, 15) is 9.59 Å². The van der Waals surface area contributed by atoms with E-state index in [0.717, 1.165) is 56.1 Å². The monoisotopic (exact) mass is 505 g/mol. The average Bonchev–Trinajstić information content (AvgIpc) is 3.42. The highest BCUT2D eigenvalue weighted by molar-refractivity contribution is 6.06. The van der Waals surface area contributed by atoms with E-state index in [1.54, 1.807) is 48.7 Å². The molecular weight excluding hydrogens is 470 g/mol. The van der Waals surface area contributed by atoms with Gasteiger partial charge in [-0.05, 0) is 80.3 Å². The number of rotatable bonds is 9. The zero-order valence-corrected chi connectivity index (χ0v) is 21.6. The number of nitrogens with one attached hydrogen (secondary N) is 1. The summed E-state index contributed by atoms with van der Waals surface area (Å²) in [6.45, 7) is 3.10. The van der Waals surface area contributed by atoms with E-state index in [1.807, 2.05) is 6.07 Å². The zero-order chi connectivity index (χ0) is 26.0. The van der Waals surface area contributed by atoms with Crippen molar-refractivity contribution in [2.75, 3.05) is 19.0 Å². The number of carbonyl (C=O) groups is 2. The second-order valence-corrected chi connectivity index (χ2v) is 9.37. The van der Waals surface area contributed by atoms with Crippen molar-refractivity contribution in [1.29, 1.82) is 0 Å². The van der Waals surface area contributed by atoms with Gasteiger partial charge >= 0.3 is 6.09 Å². The Morgan fingerprint density at radius 1 is 1.19 bits per heavy atom. The second-order valence-electron chi connectivity index (χ2n) is 9.37. The van der Waals surface area contributed by atoms with E-state index < -0.39 is 0 Å². The lowest BCUT2D eigenvalue weighted by Crippen LogP contribution is -2.38. The van der Waals surface area contributed by atoms with E-state index in [-0.39, 0.29) is 18.1 Å². The highest BCUT2D eigenvalue weighted by Crippen LogP contribution is 2.30. The van der Waals surface area contributed by atoms with E-state index in [4.69, 9.17) is 9.47 Å². The van der Waals surface area contributed by atoms with Crippen molar-refractivity contribution < 1.29 is 19.1 Å². The van der Waals surface area contributed by atoms with Crippen molar-refractivity contribution in [3.63, 3.8) is 0 Å². The number of pyridine rings is 1. The van der Waals surface area contributed by atoms with Crippen LogP contribution in [-0.4, -0.2) is 54.1 Å². The molecule has 2 heterocycles. The molecule has 9 nitrogen and oxygen atoms in total. The maximum absolute atomic E-state index is 13.2. The van der Waals surface area contributed by atoms with Crippen LogP contribution in [-0.2, 0) is 17.7 Å². The van der Waals surface area contributed by atoms with Gasteiger partial charge in [0.1, 0.15) is 17.7 Å². The molecule has 0 saturated heterocycles. The SMILES string of the molecule is CCCCC=NN=Cc1cccc(NC(=O)c2cc3c(cc2OC)CCN(C(=O)OC2CCCC2)C3)n1. The minimum Gasteiger partial charge on any atom is -0.496 e. The van der Waals surface area contributed by atoms with Crippen LogP contribution in [0.5, 0.6) is 5.75 Å². The third-order valence-electron chi connectivity index (χ3n) is 6.64. The molecule has 0 unspecified atom stereocenters. The van der Waals surface area contributed by atoms with Crippen LogP contribution in [0.1, 0.15) is 79.0 Å². The Morgan fingerprint density at radius 2 is 2.03 bits per heavy atom. The molecule has 1 aliphatic heterocycles. The Bertz CT molecular complexity index is 1160. The smallest absolute Gasteiger partial charge is 0.410 e. The van der Waals surface area contributed by atoms with Gasteiger partial charge in [0.15, 0.2) is 0 Å². The number of nitrogens with zero attached hydrogens (tertiary/aromatic N) is 4. The maximum Gasteiger partial charge on any atom is 0.410 e. The van der Waals surface area contributed by atoms with Crippen molar-refractivity contribution in [2.45, 2.75) is 70.9 Å². The minimum atomic E-state index is -0.343. The normalized spacial score (nSPS) is 15.8. The van der Waals surface area contributed by atoms with Crippen LogP contribution in [0.25, 0.3) is 0 Å². The summed E-state index contributed by atoms with van der Waals surface area (Å²) in [5, 5.41) is 10.9. The molecule has 196 valence electrons. The number of hydrogen-bond acceptors (Lipinski definition) is 7. The summed E-state index contributed by atoms with van der Waals surface area (Å²) >= 11 is 0. The molecule has 1 N–H and O–H groups in total. The van der Waals surface area contributed by atoms with Gasteiger partial charge in [-0.2, -0.15) is 10.2 Å². The van der Waals surface area contributed by atoms with Crippen molar-refractivity contribution in [1.82, 2.24) is 9.88 Å². The standard InChI is InChI=1S/C28H35N5O4/c1-3-4-7-14-29-30-18-22-9-8-12-26(31-22)32-27(34)24-16-21-19-33(15-13-20(21)17-25(24)36-2)28(35)37-23-10-5-6-11-23/h8-9,12,14,16-18,23H,3-7,10-11,13,15,19H2,1-2H3,(H,31,32,34). The van der Waals surface area contributed by atoms with Crippen LogP contribution >= 0.6 is 0 Å². The predicted molar refractivity (Wildman–Crippen MR) is 144 cm³/mol. The summed E-state index contributed by atoms with van der Waals surface area (Å²) in [4.78, 5) is 32.0. The topological polar surface area (TPSA) is 105 Å². The van der Waals surface area contributed by atoms with Crippen LogP contribution < -0.4 is 10.1 Å². The first kappa shape index (κ1) is 26.3. The molecule has 2 aromatic rings. The fraction of sp³-hybridized carbons (Fsp3) is 0.464. The van der Waals surface area contributed by atoms with Gasteiger partial charge in [0.2, 0.25) is 0 Å². The molecule has 1 aromatic heterocycles. The number of hydrogen-bond donors (Lipinski definition) is 1. The summed E-state index contributed by atoms with van der Waals surface area (Å²) in [6, 6.07) is 8.99. The van der Waals surface area contributed by atoms with Gasteiger partial charge in [-0.3, -0.25) is 4.79 Å². The molecule has 9 heteroatoms. The van der Waals surface area contributed by atoms with Crippen LogP contribution in [0.4, 0.5) is 10.6 Å². The molecule has 0 radical (unpaired) electrons. The van der Waals surface area contributed by atoms with Gasteiger partial charge in [-0.15, -0.1) is 0 Å². The predicted octanol–water partition coefficient (Wildman–Crippen LogP) is 5.37. The Hall–Kier alpha value is -3.75. The fourth-order valence-corrected chi connectivity index (χ4v) is 4.58. The quantitative estimate of drug-likeness (QED) is 0.280. The lowest BCUT2D eigenvalue weighted by molar-refractivity contribution is 0.0618. The lowest BCUT2D eigenvalue weighted by atomic mass is 9.96. The molecule has 4 rings (SSSR count). The lowest BCUT2D eigenvalue weighted by Gasteiger charge is -2.30. The Morgan fingerprint density at radius 3 is 2.81 bits per heavy atom. The number of amides is 2. The first-order valence-electron chi connectivity index (χ1n) is 13.1. The van der Waals surface area contributed by atoms with Crippen LogP contribution in [0.2, 0.25) is 0 Å². The van der Waals surface area contributed by atoms with Gasteiger partial charge in [0.25, 0.3) is 5.91 Å². The molecule has 2 amide bonds. The highest BCUT2D eigenvalue weighted by Gasteiger charge is 2.27. The van der Waals surface area contributed by atoms with Crippen molar-refractivity contribution >= 4 is 30.2 Å². The Balaban J connectivity index is 1.44. The number of fused-ring (bicyclic) bond motifs is 1. The number of ether oxygens (including phenoxy) is 2. The van der Waals surface area contributed by atoms with Gasteiger partial charge in [0.05, 0.1) is 24.6 Å². The summed E-state index contributed by atoms with van der Waals surface area (Å²) in [5.74, 6) is 0.535. The Kier molecular flexibility index (Phi) is 9.24. The van der Waals surface area contributed by atoms with Gasteiger partial charge in [-0.1, -0.05) is 19.4 Å². The van der Waals surface area contributed by atoms with E-state index >= 15 is 0 Å². The molecule has 1 saturated carbocycles. The first-order chi connectivity index (χ1) is 18.1. The van der Waals surface area contributed by atoms with Gasteiger partial charge in [-0.25, -0.2) is 9.78 Å². The van der Waals surface area contributed by atoms with Crippen molar-refractivity contribution in [3.8, 4) is 5.75 Å². The molecule has 1 fully saturated rings. The molecule has 1 aliphatic carbocycles. The number of benzene rings is 1. The maximum atomic E-state index is 13.2. The fourth-order valence-electron chi connectivity index (χ4n) is 4.58. The number of unbranched alkanes of at least 4 members (excludes halogenated alkanes) is 2. The van der Waals surface area contributed by atoms with E-state index in [1.165, 1.54) is 0 Å². The summed E-state index contributed by atoms with van der Waals surface area (Å²) in [5.41, 5.74) is 2.94. The summed E-state index contributed by atoms with van der Waals surface area (Å²) < 4.78 is 11.2. The van der Waals surface area contributed by atoms with Gasteiger partial charge in [0, 0.05) is 19.3 Å². The largest absolute Gasteiger partial charge is 0.496 e. The number of aromatic nitrogens is 1. The number of carbonyl (C=O) groups excluding carboxylic acids is 2. The first-order valence-corrected chi connectivity index (χ1v) is 13.1. The molecule has 0 spiro atoms. The molecule has 0 bridgehead atoms. The van der Waals surface area contributed by atoms with Crippen molar-refractivity contribution in [2.24, 2.45) is 10.2 Å². The second kappa shape index (κ2) is 13.0. The number of methoxy groups -OCH3 is 1. The highest BCUT2D eigenvalue weighted by atomic mass is 16.6.